The summed E-state index contributed by atoms with van der Waals surface area (Å²) in [6.07, 6.45) is 77.5. The second-order valence-electron chi connectivity index (χ2n) is 21.5. The minimum absolute atomic E-state index is 0.0580. The SMILES string of the molecule is CCCCCCC/C=C\C/C=C\CCCCCCCCCCCCCCCCCCCCCC(=O)OC(CO)COC(=O)CCCCCCCCCCCCCCCCCCCCCCCCCC. The summed E-state index contributed by atoms with van der Waals surface area (Å²) < 4.78 is 10.7. The van der Waals surface area contributed by atoms with Gasteiger partial charge < -0.3 is 14.6 Å². The van der Waals surface area contributed by atoms with Crippen LogP contribution in [-0.2, 0) is 19.1 Å². The Kier molecular flexibility index (Phi) is 59.3. The van der Waals surface area contributed by atoms with Crippen molar-refractivity contribution in [1.29, 1.82) is 0 Å². The van der Waals surface area contributed by atoms with Crippen molar-refractivity contribution in [3.05, 3.63) is 24.3 Å². The number of ether oxygens (including phenoxy) is 2. The molecule has 0 saturated carbocycles. The first-order valence-corrected chi connectivity index (χ1v) is 31.4. The van der Waals surface area contributed by atoms with Crippen molar-refractivity contribution in [1.82, 2.24) is 0 Å². The largest absolute Gasteiger partial charge is 0.462 e. The highest BCUT2D eigenvalue weighted by Crippen LogP contribution is 2.18. The van der Waals surface area contributed by atoms with Gasteiger partial charge >= 0.3 is 11.9 Å². The molecule has 0 heterocycles. The van der Waals surface area contributed by atoms with E-state index >= 15 is 0 Å². The molecule has 0 aromatic carbocycles. The Balaban J connectivity index is 3.40. The van der Waals surface area contributed by atoms with Gasteiger partial charge in [-0.1, -0.05) is 321 Å². The Hall–Kier alpha value is -1.62. The minimum Gasteiger partial charge on any atom is -0.462 e. The number of hydrogen-bond acceptors (Lipinski definition) is 5. The standard InChI is InChI=1S/C64H122O5/c1-3-5-7-9-11-13-15-17-19-21-23-25-27-29-30-31-32-33-34-35-37-39-41-43-45-47-49-51-53-55-57-59-64(67)69-62(60-65)61-68-63(66)58-56-54-52-50-48-46-44-42-40-38-36-28-26-24-22-20-18-16-14-12-10-8-6-4-2/h15,17,21,23,62,65H,3-14,16,18-20,22,24-61H2,1-2H3/b17-15-,23-21-. The molecule has 0 aliphatic heterocycles. The van der Waals surface area contributed by atoms with Crippen LogP contribution < -0.4 is 0 Å². The normalized spacial score (nSPS) is 12.2. The molecule has 5 heteroatoms. The van der Waals surface area contributed by atoms with Crippen molar-refractivity contribution in [3.8, 4) is 0 Å². The molecule has 1 atom stereocenters. The average Bonchev–Trinajstić information content (AvgIpc) is 3.35. The molecule has 1 N–H and O–H groups in total. The van der Waals surface area contributed by atoms with Gasteiger partial charge in [-0.25, -0.2) is 0 Å². The zero-order chi connectivity index (χ0) is 49.9. The summed E-state index contributed by atoms with van der Waals surface area (Å²) >= 11 is 0. The van der Waals surface area contributed by atoms with Crippen LogP contribution in [0.15, 0.2) is 24.3 Å². The maximum Gasteiger partial charge on any atom is 0.306 e. The molecular weight excluding hydrogens is 849 g/mol. The van der Waals surface area contributed by atoms with E-state index in [1.807, 2.05) is 0 Å². The quantitative estimate of drug-likeness (QED) is 0.0373. The molecule has 0 rings (SSSR count). The molecule has 0 saturated heterocycles. The first-order valence-electron chi connectivity index (χ1n) is 31.4. The summed E-state index contributed by atoms with van der Waals surface area (Å²) in [5, 5.41) is 9.67. The molecular formula is C64H122O5. The van der Waals surface area contributed by atoms with Gasteiger partial charge in [0.05, 0.1) is 6.61 Å². The van der Waals surface area contributed by atoms with Crippen molar-refractivity contribution in [2.45, 2.75) is 360 Å². The first kappa shape index (κ1) is 67.4. The van der Waals surface area contributed by atoms with Gasteiger partial charge in [0.1, 0.15) is 6.61 Å². The van der Waals surface area contributed by atoms with E-state index in [1.165, 1.54) is 289 Å². The van der Waals surface area contributed by atoms with Crippen LogP contribution in [-0.4, -0.2) is 36.4 Å². The number of esters is 2. The Bertz CT molecular complexity index is 1050. The molecule has 0 fully saturated rings. The van der Waals surface area contributed by atoms with Crippen LogP contribution in [0, 0.1) is 0 Å². The predicted octanol–water partition coefficient (Wildman–Crippen LogP) is 21.3. The maximum atomic E-state index is 12.3. The summed E-state index contributed by atoms with van der Waals surface area (Å²) in [7, 11) is 0. The Morgan fingerprint density at radius 1 is 0.333 bits per heavy atom. The van der Waals surface area contributed by atoms with Crippen LogP contribution in [0.5, 0.6) is 0 Å². The van der Waals surface area contributed by atoms with Gasteiger partial charge in [-0.05, 0) is 44.9 Å². The predicted molar refractivity (Wildman–Crippen MR) is 302 cm³/mol. The monoisotopic (exact) mass is 971 g/mol. The van der Waals surface area contributed by atoms with E-state index in [0.717, 1.165) is 38.5 Å². The number of aliphatic hydroxyl groups is 1. The van der Waals surface area contributed by atoms with Gasteiger partial charge in [0, 0.05) is 12.8 Å². The number of allylic oxidation sites excluding steroid dienone is 4. The van der Waals surface area contributed by atoms with E-state index in [1.54, 1.807) is 0 Å². The van der Waals surface area contributed by atoms with Crippen molar-refractivity contribution < 1.29 is 24.2 Å². The van der Waals surface area contributed by atoms with Crippen molar-refractivity contribution >= 4 is 11.9 Å². The summed E-state index contributed by atoms with van der Waals surface area (Å²) in [6.45, 7) is 4.19. The number of hydrogen-bond donors (Lipinski definition) is 1. The second kappa shape index (κ2) is 60.7. The van der Waals surface area contributed by atoms with Gasteiger partial charge in [-0.2, -0.15) is 0 Å². The number of aliphatic hydroxyl groups excluding tert-OH is 1. The molecule has 0 spiro atoms. The molecule has 0 aliphatic rings. The van der Waals surface area contributed by atoms with Gasteiger partial charge in [0.25, 0.3) is 0 Å². The third kappa shape index (κ3) is 58.8. The molecule has 5 nitrogen and oxygen atoms in total. The van der Waals surface area contributed by atoms with Crippen LogP contribution >= 0.6 is 0 Å². The fourth-order valence-electron chi connectivity index (χ4n) is 9.77. The Morgan fingerprint density at radius 2 is 0.580 bits per heavy atom. The topological polar surface area (TPSA) is 72.8 Å². The van der Waals surface area contributed by atoms with E-state index < -0.39 is 6.10 Å². The lowest BCUT2D eigenvalue weighted by Gasteiger charge is -2.15. The lowest BCUT2D eigenvalue weighted by atomic mass is 10.0. The minimum atomic E-state index is -0.768. The zero-order valence-corrected chi connectivity index (χ0v) is 46.9. The summed E-state index contributed by atoms with van der Waals surface area (Å²) in [5.41, 5.74) is 0. The second-order valence-corrected chi connectivity index (χ2v) is 21.5. The maximum absolute atomic E-state index is 12.3. The summed E-state index contributed by atoms with van der Waals surface area (Å²) in [6, 6.07) is 0. The van der Waals surface area contributed by atoms with Crippen molar-refractivity contribution in [2.75, 3.05) is 13.2 Å². The van der Waals surface area contributed by atoms with Gasteiger partial charge in [-0.15, -0.1) is 0 Å². The molecule has 408 valence electrons. The number of carbonyl (C=O) groups excluding carboxylic acids is 2. The van der Waals surface area contributed by atoms with Crippen LogP contribution in [0.2, 0.25) is 0 Å². The van der Waals surface area contributed by atoms with E-state index in [4.69, 9.17) is 9.47 Å². The van der Waals surface area contributed by atoms with Crippen LogP contribution in [0.3, 0.4) is 0 Å². The highest BCUT2D eigenvalue weighted by atomic mass is 16.6. The van der Waals surface area contributed by atoms with E-state index in [2.05, 4.69) is 38.2 Å². The Labute approximate surface area is 432 Å². The van der Waals surface area contributed by atoms with Gasteiger partial charge in [0.15, 0.2) is 6.10 Å². The third-order valence-electron chi connectivity index (χ3n) is 14.5. The molecule has 0 aliphatic carbocycles. The molecule has 1 unspecified atom stereocenters. The fraction of sp³-hybridized carbons (Fsp3) is 0.906. The molecule has 0 radical (unpaired) electrons. The van der Waals surface area contributed by atoms with Gasteiger partial charge in [0.2, 0.25) is 0 Å². The smallest absolute Gasteiger partial charge is 0.306 e. The molecule has 0 amide bonds. The highest BCUT2D eigenvalue weighted by molar-refractivity contribution is 5.70. The van der Waals surface area contributed by atoms with Gasteiger partial charge in [-0.3, -0.25) is 9.59 Å². The third-order valence-corrected chi connectivity index (χ3v) is 14.5. The highest BCUT2D eigenvalue weighted by Gasteiger charge is 2.16. The zero-order valence-electron chi connectivity index (χ0n) is 46.9. The van der Waals surface area contributed by atoms with Crippen LogP contribution in [0.4, 0.5) is 0 Å². The molecule has 0 bridgehead atoms. The lowest BCUT2D eigenvalue weighted by molar-refractivity contribution is -0.161. The van der Waals surface area contributed by atoms with Crippen molar-refractivity contribution in [3.63, 3.8) is 0 Å². The first-order chi connectivity index (χ1) is 34.1. The van der Waals surface area contributed by atoms with E-state index in [-0.39, 0.29) is 25.2 Å². The van der Waals surface area contributed by atoms with Crippen LogP contribution in [0.1, 0.15) is 354 Å². The molecule has 0 aromatic heterocycles. The van der Waals surface area contributed by atoms with E-state index in [9.17, 15) is 14.7 Å². The van der Waals surface area contributed by atoms with Crippen molar-refractivity contribution in [2.24, 2.45) is 0 Å². The average molecular weight is 972 g/mol. The lowest BCUT2D eigenvalue weighted by Crippen LogP contribution is -2.28. The number of unbranched alkanes of at least 4 members (excludes halogenated alkanes) is 47. The van der Waals surface area contributed by atoms with E-state index in [0.29, 0.717) is 12.8 Å². The summed E-state index contributed by atoms with van der Waals surface area (Å²) in [4.78, 5) is 24.6. The molecule has 69 heavy (non-hydrogen) atoms. The number of rotatable bonds is 59. The Morgan fingerprint density at radius 3 is 0.855 bits per heavy atom. The fourth-order valence-corrected chi connectivity index (χ4v) is 9.77. The van der Waals surface area contributed by atoms with Crippen LogP contribution in [0.25, 0.3) is 0 Å². The summed E-state index contributed by atoms with van der Waals surface area (Å²) in [5.74, 6) is -0.566. The number of carbonyl (C=O) groups is 2. The molecule has 0 aromatic rings.